The van der Waals surface area contributed by atoms with Crippen LogP contribution in [0.3, 0.4) is 0 Å². The van der Waals surface area contributed by atoms with Gasteiger partial charge >= 0.3 is 6.18 Å². The third-order valence-corrected chi connectivity index (χ3v) is 3.65. The molecule has 1 nitrogen and oxygen atoms in total. The first kappa shape index (κ1) is 15.6. The topological polar surface area (TPSA) is 26.0 Å². The van der Waals surface area contributed by atoms with Gasteiger partial charge in [0, 0.05) is 6.04 Å². The van der Waals surface area contributed by atoms with Crippen LogP contribution >= 0.6 is 0 Å². The van der Waals surface area contributed by atoms with Crippen LogP contribution in [0.4, 0.5) is 13.2 Å². The van der Waals surface area contributed by atoms with E-state index < -0.39 is 17.8 Å². The van der Waals surface area contributed by atoms with Gasteiger partial charge in [0.05, 0.1) is 5.56 Å². The number of rotatable bonds is 4. The molecule has 4 heteroatoms. The maximum Gasteiger partial charge on any atom is 0.416 e. The van der Waals surface area contributed by atoms with Crippen molar-refractivity contribution in [3.05, 3.63) is 70.8 Å². The van der Waals surface area contributed by atoms with Crippen molar-refractivity contribution in [2.45, 2.75) is 32.0 Å². The predicted octanol–water partition coefficient (Wildman–Crippen LogP) is 4.65. The second kappa shape index (κ2) is 6.31. The van der Waals surface area contributed by atoms with Crippen LogP contribution in [0.2, 0.25) is 0 Å². The zero-order chi connectivity index (χ0) is 15.5. The highest BCUT2D eigenvalue weighted by molar-refractivity contribution is 5.33. The molecule has 2 aromatic rings. The van der Waals surface area contributed by atoms with Crippen molar-refractivity contribution in [1.82, 2.24) is 0 Å². The summed E-state index contributed by atoms with van der Waals surface area (Å²) in [6.07, 6.45) is -3.21. The Hall–Kier alpha value is -1.81. The van der Waals surface area contributed by atoms with Gasteiger partial charge in [0.1, 0.15) is 0 Å². The molecule has 0 aromatic heterocycles. The van der Waals surface area contributed by atoms with E-state index in [2.05, 4.69) is 0 Å². The van der Waals surface area contributed by atoms with E-state index >= 15 is 0 Å². The van der Waals surface area contributed by atoms with E-state index in [1.165, 1.54) is 12.1 Å². The summed E-state index contributed by atoms with van der Waals surface area (Å²) in [5, 5.41) is 0. The van der Waals surface area contributed by atoms with Gasteiger partial charge in [-0.1, -0.05) is 42.5 Å². The Bertz CT molecular complexity index is 605. The van der Waals surface area contributed by atoms with Crippen molar-refractivity contribution in [2.75, 3.05) is 0 Å². The van der Waals surface area contributed by atoms with Gasteiger partial charge in [0.2, 0.25) is 0 Å². The van der Waals surface area contributed by atoms with E-state index in [9.17, 15) is 13.2 Å². The van der Waals surface area contributed by atoms with E-state index in [1.54, 1.807) is 6.07 Å². The van der Waals surface area contributed by atoms with E-state index in [4.69, 9.17) is 5.73 Å². The average molecular weight is 293 g/mol. The molecule has 0 radical (unpaired) electrons. The third-order valence-electron chi connectivity index (χ3n) is 3.65. The molecule has 0 spiro atoms. The fourth-order valence-electron chi connectivity index (χ4n) is 2.44. The summed E-state index contributed by atoms with van der Waals surface area (Å²) in [5.41, 5.74) is 7.77. The molecule has 0 saturated carbocycles. The van der Waals surface area contributed by atoms with Crippen LogP contribution in [0.15, 0.2) is 48.5 Å². The van der Waals surface area contributed by atoms with E-state index in [-0.39, 0.29) is 5.56 Å². The van der Waals surface area contributed by atoms with Gasteiger partial charge in [0.25, 0.3) is 0 Å². The quantitative estimate of drug-likeness (QED) is 0.872. The monoisotopic (exact) mass is 293 g/mol. The first-order valence-electron chi connectivity index (χ1n) is 6.86. The normalized spacial score (nSPS) is 13.2. The van der Waals surface area contributed by atoms with Gasteiger partial charge in [-0.2, -0.15) is 13.2 Å². The molecule has 0 heterocycles. The SMILES string of the molecule is Cc1ccccc1CCC(N)c1ccccc1C(F)(F)F. The molecular formula is C17H18F3N. The molecule has 1 unspecified atom stereocenters. The second-order valence-electron chi connectivity index (χ2n) is 5.16. The highest BCUT2D eigenvalue weighted by Gasteiger charge is 2.34. The lowest BCUT2D eigenvalue weighted by Gasteiger charge is -2.18. The summed E-state index contributed by atoms with van der Waals surface area (Å²) >= 11 is 0. The van der Waals surface area contributed by atoms with Crippen LogP contribution in [0.5, 0.6) is 0 Å². The van der Waals surface area contributed by atoms with Gasteiger partial charge in [-0.05, 0) is 42.5 Å². The molecule has 0 aliphatic carbocycles. The molecule has 2 rings (SSSR count). The zero-order valence-corrected chi connectivity index (χ0v) is 11.8. The lowest BCUT2D eigenvalue weighted by atomic mass is 9.94. The second-order valence-corrected chi connectivity index (χ2v) is 5.16. The highest BCUT2D eigenvalue weighted by atomic mass is 19.4. The van der Waals surface area contributed by atoms with Gasteiger partial charge in [-0.25, -0.2) is 0 Å². The Kier molecular flexibility index (Phi) is 4.68. The predicted molar refractivity (Wildman–Crippen MR) is 77.9 cm³/mol. The van der Waals surface area contributed by atoms with Crippen LogP contribution in [0.1, 0.15) is 34.7 Å². The van der Waals surface area contributed by atoms with Crippen LogP contribution in [0.25, 0.3) is 0 Å². The number of hydrogen-bond acceptors (Lipinski definition) is 1. The van der Waals surface area contributed by atoms with Crippen molar-refractivity contribution in [3.63, 3.8) is 0 Å². The summed E-state index contributed by atoms with van der Waals surface area (Å²) < 4.78 is 38.9. The molecule has 0 aliphatic heterocycles. The van der Waals surface area contributed by atoms with E-state index in [1.807, 2.05) is 31.2 Å². The zero-order valence-electron chi connectivity index (χ0n) is 11.8. The van der Waals surface area contributed by atoms with Crippen molar-refractivity contribution in [3.8, 4) is 0 Å². The van der Waals surface area contributed by atoms with Crippen LogP contribution in [-0.4, -0.2) is 0 Å². The minimum Gasteiger partial charge on any atom is -0.324 e. The number of alkyl halides is 3. The van der Waals surface area contributed by atoms with E-state index in [0.29, 0.717) is 12.8 Å². The number of halogens is 3. The molecule has 0 bridgehead atoms. The van der Waals surface area contributed by atoms with Crippen molar-refractivity contribution in [2.24, 2.45) is 5.73 Å². The van der Waals surface area contributed by atoms with Crippen molar-refractivity contribution < 1.29 is 13.2 Å². The molecule has 0 amide bonds. The summed E-state index contributed by atoms with van der Waals surface area (Å²) in [4.78, 5) is 0. The van der Waals surface area contributed by atoms with Crippen LogP contribution < -0.4 is 5.73 Å². The highest BCUT2D eigenvalue weighted by Crippen LogP contribution is 2.34. The van der Waals surface area contributed by atoms with Gasteiger partial charge in [0.15, 0.2) is 0 Å². The lowest BCUT2D eigenvalue weighted by molar-refractivity contribution is -0.138. The van der Waals surface area contributed by atoms with Gasteiger partial charge < -0.3 is 5.73 Å². The number of benzene rings is 2. The minimum absolute atomic E-state index is 0.165. The van der Waals surface area contributed by atoms with Gasteiger partial charge in [-0.15, -0.1) is 0 Å². The fraction of sp³-hybridized carbons (Fsp3) is 0.294. The molecule has 2 aromatic carbocycles. The minimum atomic E-state index is -4.36. The molecule has 2 N–H and O–H groups in total. The molecule has 0 saturated heterocycles. The van der Waals surface area contributed by atoms with E-state index in [0.717, 1.165) is 17.2 Å². The lowest BCUT2D eigenvalue weighted by Crippen LogP contribution is -2.18. The Morgan fingerprint density at radius 1 is 1.00 bits per heavy atom. The summed E-state index contributed by atoms with van der Waals surface area (Å²) in [6.45, 7) is 1.99. The van der Waals surface area contributed by atoms with Crippen LogP contribution in [-0.2, 0) is 12.6 Å². The van der Waals surface area contributed by atoms with Gasteiger partial charge in [-0.3, -0.25) is 0 Å². The number of nitrogens with two attached hydrogens (primary N) is 1. The largest absolute Gasteiger partial charge is 0.416 e. The summed E-state index contributed by atoms with van der Waals surface area (Å²) in [5.74, 6) is 0. The average Bonchev–Trinajstić information content (AvgIpc) is 2.45. The van der Waals surface area contributed by atoms with Crippen molar-refractivity contribution in [1.29, 1.82) is 0 Å². The number of hydrogen-bond donors (Lipinski definition) is 1. The van der Waals surface area contributed by atoms with Crippen LogP contribution in [0, 0.1) is 6.92 Å². The Morgan fingerprint density at radius 2 is 1.62 bits per heavy atom. The number of aryl methyl sites for hydroxylation is 2. The Labute approximate surface area is 122 Å². The Morgan fingerprint density at radius 3 is 2.29 bits per heavy atom. The molecule has 0 fully saturated rings. The summed E-state index contributed by atoms with van der Waals surface area (Å²) in [7, 11) is 0. The smallest absolute Gasteiger partial charge is 0.324 e. The molecule has 1 atom stereocenters. The molecule has 0 aliphatic rings. The first-order valence-corrected chi connectivity index (χ1v) is 6.86. The van der Waals surface area contributed by atoms with Crippen molar-refractivity contribution >= 4 is 0 Å². The first-order chi connectivity index (χ1) is 9.89. The summed E-state index contributed by atoms with van der Waals surface area (Å²) in [6, 6.07) is 12.8. The Balaban J connectivity index is 2.15. The standard InChI is InChI=1S/C17H18F3N/c1-12-6-2-3-7-13(12)10-11-16(21)14-8-4-5-9-15(14)17(18,19)20/h2-9,16H,10-11,21H2,1H3. The maximum atomic E-state index is 13.0. The fourth-order valence-corrected chi connectivity index (χ4v) is 2.44. The molecular weight excluding hydrogens is 275 g/mol. The molecule has 112 valence electrons. The maximum absolute atomic E-state index is 13.0. The molecule has 21 heavy (non-hydrogen) atoms. The third kappa shape index (κ3) is 3.85.